The third-order valence-electron chi connectivity index (χ3n) is 4.34. The molecule has 0 spiro atoms. The Morgan fingerprint density at radius 1 is 1.37 bits per heavy atom. The van der Waals surface area contributed by atoms with E-state index >= 15 is 0 Å². The summed E-state index contributed by atoms with van der Waals surface area (Å²) in [4.78, 5) is 2.40. The average molecular weight is 260 g/mol. The number of likely N-dealkylation sites (tertiary alicyclic amines) is 1. The number of nitrogens with zero attached hydrogens (tertiary/aromatic N) is 3. The van der Waals surface area contributed by atoms with E-state index in [1.807, 2.05) is 17.7 Å². The molecule has 4 nitrogen and oxygen atoms in total. The summed E-state index contributed by atoms with van der Waals surface area (Å²) in [7, 11) is 4.15. The lowest BCUT2D eigenvalue weighted by Crippen LogP contribution is -2.34. The van der Waals surface area contributed by atoms with Crippen molar-refractivity contribution in [2.24, 2.45) is 13.0 Å². The highest BCUT2D eigenvalue weighted by molar-refractivity contribution is 5.33. The molecule has 4 heteroatoms. The molecule has 104 valence electrons. The van der Waals surface area contributed by atoms with Crippen molar-refractivity contribution in [1.29, 1.82) is 5.26 Å². The lowest BCUT2D eigenvalue weighted by Gasteiger charge is -2.29. The van der Waals surface area contributed by atoms with Crippen LogP contribution in [-0.2, 0) is 13.6 Å². The molecule has 0 radical (unpaired) electrons. The van der Waals surface area contributed by atoms with Crippen LogP contribution in [0.25, 0.3) is 0 Å². The molecule has 19 heavy (non-hydrogen) atoms. The van der Waals surface area contributed by atoms with E-state index in [0.717, 1.165) is 24.7 Å². The summed E-state index contributed by atoms with van der Waals surface area (Å²) in [6.45, 7) is 6.47. The Morgan fingerprint density at radius 2 is 2.05 bits per heavy atom. The highest BCUT2D eigenvalue weighted by Crippen LogP contribution is 2.16. The van der Waals surface area contributed by atoms with Crippen LogP contribution in [0.15, 0.2) is 6.07 Å². The number of hydrogen-bond donors (Lipinski definition) is 1. The molecule has 0 amide bonds. The molecule has 1 saturated heterocycles. The van der Waals surface area contributed by atoms with Gasteiger partial charge in [-0.1, -0.05) is 0 Å². The molecule has 0 aliphatic carbocycles. The largest absolute Gasteiger partial charge is 0.340 e. The minimum atomic E-state index is 0.744. The second kappa shape index (κ2) is 6.23. The van der Waals surface area contributed by atoms with Crippen LogP contribution in [0.2, 0.25) is 0 Å². The first-order valence-electron chi connectivity index (χ1n) is 7.06. The second-order valence-corrected chi connectivity index (χ2v) is 5.69. The van der Waals surface area contributed by atoms with Crippen LogP contribution >= 0.6 is 0 Å². The van der Waals surface area contributed by atoms with Crippen molar-refractivity contribution in [3.05, 3.63) is 23.0 Å². The Balaban J connectivity index is 1.81. The van der Waals surface area contributed by atoms with E-state index < -0.39 is 0 Å². The lowest BCUT2D eigenvalue weighted by molar-refractivity contribution is 0.216. The Bertz CT molecular complexity index is 461. The molecular formula is C15H24N4. The monoisotopic (exact) mass is 260 g/mol. The molecule has 1 aliphatic heterocycles. The van der Waals surface area contributed by atoms with Gasteiger partial charge in [-0.3, -0.25) is 0 Å². The lowest BCUT2D eigenvalue weighted by atomic mass is 9.97. The van der Waals surface area contributed by atoms with Crippen molar-refractivity contribution in [3.8, 4) is 6.07 Å². The predicted octanol–water partition coefficient (Wildman–Crippen LogP) is 1.64. The highest BCUT2D eigenvalue weighted by Gasteiger charge is 2.16. The van der Waals surface area contributed by atoms with Gasteiger partial charge in [-0.15, -0.1) is 0 Å². The first-order chi connectivity index (χ1) is 9.11. The molecule has 1 aromatic heterocycles. The number of aromatic nitrogens is 1. The number of nitriles is 1. The summed E-state index contributed by atoms with van der Waals surface area (Å²) in [6.07, 6.45) is 2.58. The van der Waals surface area contributed by atoms with E-state index in [2.05, 4.69) is 30.3 Å². The van der Waals surface area contributed by atoms with Crippen molar-refractivity contribution in [2.75, 3.05) is 26.7 Å². The van der Waals surface area contributed by atoms with E-state index in [4.69, 9.17) is 5.26 Å². The quantitative estimate of drug-likeness (QED) is 0.895. The topological polar surface area (TPSA) is 44.0 Å². The van der Waals surface area contributed by atoms with Gasteiger partial charge in [0.05, 0.1) is 0 Å². The summed E-state index contributed by atoms with van der Waals surface area (Å²) >= 11 is 0. The molecule has 0 unspecified atom stereocenters. The summed E-state index contributed by atoms with van der Waals surface area (Å²) in [6, 6.07) is 4.23. The van der Waals surface area contributed by atoms with Gasteiger partial charge in [0.25, 0.3) is 0 Å². The van der Waals surface area contributed by atoms with Crippen LogP contribution in [0.3, 0.4) is 0 Å². The third-order valence-corrected chi connectivity index (χ3v) is 4.34. The van der Waals surface area contributed by atoms with Gasteiger partial charge >= 0.3 is 0 Å². The van der Waals surface area contributed by atoms with Crippen LogP contribution in [0.1, 0.15) is 29.8 Å². The standard InChI is InChI=1S/C15H24N4/c1-12-14(8-15(9-16)19(12)3)11-17-10-13-4-6-18(2)7-5-13/h8,13,17H,4-7,10-11H2,1-3H3. The molecule has 2 heterocycles. The molecule has 1 aromatic rings. The highest BCUT2D eigenvalue weighted by atomic mass is 15.1. The Morgan fingerprint density at radius 3 is 2.63 bits per heavy atom. The summed E-state index contributed by atoms with van der Waals surface area (Å²) in [5.74, 6) is 0.802. The molecule has 0 bridgehead atoms. The summed E-state index contributed by atoms with van der Waals surface area (Å²) in [5.41, 5.74) is 3.17. The minimum absolute atomic E-state index is 0.744. The zero-order valence-electron chi connectivity index (χ0n) is 12.2. The molecule has 1 N–H and O–H groups in total. The minimum Gasteiger partial charge on any atom is -0.340 e. The van der Waals surface area contributed by atoms with Crippen molar-refractivity contribution in [1.82, 2.24) is 14.8 Å². The number of nitrogens with one attached hydrogen (secondary N) is 1. The van der Waals surface area contributed by atoms with Crippen molar-refractivity contribution in [2.45, 2.75) is 26.3 Å². The van der Waals surface area contributed by atoms with Gasteiger partial charge in [0.2, 0.25) is 0 Å². The van der Waals surface area contributed by atoms with Crippen molar-refractivity contribution < 1.29 is 0 Å². The van der Waals surface area contributed by atoms with Gasteiger partial charge in [-0.25, -0.2) is 0 Å². The Labute approximate surface area is 116 Å². The number of hydrogen-bond acceptors (Lipinski definition) is 3. The third kappa shape index (κ3) is 3.37. The SMILES string of the molecule is Cc1c(CNCC2CCN(C)CC2)cc(C#N)n1C. The van der Waals surface area contributed by atoms with Gasteiger partial charge in [0.15, 0.2) is 0 Å². The Hall–Kier alpha value is -1.31. The van der Waals surface area contributed by atoms with Crippen LogP contribution < -0.4 is 5.32 Å². The zero-order valence-corrected chi connectivity index (χ0v) is 12.2. The number of rotatable bonds is 4. The Kier molecular flexibility index (Phi) is 4.62. The normalized spacial score (nSPS) is 17.6. The van der Waals surface area contributed by atoms with Gasteiger partial charge in [0.1, 0.15) is 11.8 Å². The summed E-state index contributed by atoms with van der Waals surface area (Å²) < 4.78 is 1.96. The van der Waals surface area contributed by atoms with Crippen LogP contribution in [0, 0.1) is 24.2 Å². The molecule has 0 atom stereocenters. The maximum atomic E-state index is 9.01. The van der Waals surface area contributed by atoms with Crippen LogP contribution in [-0.4, -0.2) is 36.1 Å². The van der Waals surface area contributed by atoms with Crippen LogP contribution in [0.4, 0.5) is 0 Å². The summed E-state index contributed by atoms with van der Waals surface area (Å²) in [5, 5.41) is 12.6. The molecular weight excluding hydrogens is 236 g/mol. The van der Waals surface area contributed by atoms with E-state index in [1.54, 1.807) is 0 Å². The van der Waals surface area contributed by atoms with Crippen LogP contribution in [0.5, 0.6) is 0 Å². The molecule has 1 fully saturated rings. The predicted molar refractivity (Wildman–Crippen MR) is 76.8 cm³/mol. The van der Waals surface area contributed by atoms with Gasteiger partial charge in [-0.2, -0.15) is 5.26 Å². The maximum Gasteiger partial charge on any atom is 0.120 e. The van der Waals surface area contributed by atoms with Crippen molar-refractivity contribution in [3.63, 3.8) is 0 Å². The zero-order chi connectivity index (χ0) is 13.8. The first-order valence-corrected chi connectivity index (χ1v) is 7.06. The maximum absolute atomic E-state index is 9.01. The molecule has 0 aromatic carbocycles. The fourth-order valence-electron chi connectivity index (χ4n) is 2.73. The van der Waals surface area contributed by atoms with Gasteiger partial charge < -0.3 is 14.8 Å². The first kappa shape index (κ1) is 14.1. The van der Waals surface area contributed by atoms with E-state index in [-0.39, 0.29) is 0 Å². The molecule has 0 saturated carbocycles. The van der Waals surface area contributed by atoms with E-state index in [9.17, 15) is 0 Å². The fraction of sp³-hybridized carbons (Fsp3) is 0.667. The average Bonchev–Trinajstić information content (AvgIpc) is 2.69. The fourth-order valence-corrected chi connectivity index (χ4v) is 2.73. The van der Waals surface area contributed by atoms with E-state index in [1.165, 1.54) is 37.2 Å². The van der Waals surface area contributed by atoms with Gasteiger partial charge in [0, 0.05) is 19.3 Å². The number of piperidine rings is 1. The molecule has 1 aliphatic rings. The second-order valence-electron chi connectivity index (χ2n) is 5.69. The van der Waals surface area contributed by atoms with E-state index in [0.29, 0.717) is 0 Å². The molecule has 2 rings (SSSR count). The van der Waals surface area contributed by atoms with Gasteiger partial charge in [-0.05, 0) is 64.0 Å². The van der Waals surface area contributed by atoms with Crippen molar-refractivity contribution >= 4 is 0 Å². The smallest absolute Gasteiger partial charge is 0.120 e.